The number of nitrogens with zero attached hydrogens (tertiary/aromatic N) is 1. The Morgan fingerprint density at radius 2 is 1.41 bits per heavy atom. The molecule has 162 valence electrons. The molecule has 0 saturated heterocycles. The van der Waals surface area contributed by atoms with Gasteiger partial charge in [0, 0.05) is 11.1 Å². The van der Waals surface area contributed by atoms with E-state index < -0.39 is 0 Å². The first-order chi connectivity index (χ1) is 15.5. The summed E-state index contributed by atoms with van der Waals surface area (Å²) in [4.78, 5) is 0. The molecule has 1 heterocycles. The fourth-order valence-corrected chi connectivity index (χ4v) is 3.96. The molecule has 1 aromatic heterocycles. The number of hydrogen-bond acceptors (Lipinski definition) is 2. The lowest BCUT2D eigenvalue weighted by atomic mass is 9.96. The SMILES string of the molecule is Cc1noc(-c2ccc(-c3ccccc3)cc2)c1C=CC(C)Cc1ccc(C(C)C)cc1. The number of allylic oxidation sites excluding steroid dienone is 1. The Morgan fingerprint density at radius 1 is 0.781 bits per heavy atom. The van der Waals surface area contributed by atoms with Crippen LogP contribution in [0.15, 0.2) is 89.5 Å². The van der Waals surface area contributed by atoms with Crippen LogP contribution in [0.2, 0.25) is 0 Å². The summed E-state index contributed by atoms with van der Waals surface area (Å²) in [6.07, 6.45) is 5.44. The van der Waals surface area contributed by atoms with Gasteiger partial charge in [-0.1, -0.05) is 117 Å². The van der Waals surface area contributed by atoms with E-state index in [1.54, 1.807) is 0 Å². The van der Waals surface area contributed by atoms with Crippen LogP contribution >= 0.6 is 0 Å². The summed E-state index contributed by atoms with van der Waals surface area (Å²) in [5, 5.41) is 4.24. The summed E-state index contributed by atoms with van der Waals surface area (Å²) in [6, 6.07) is 27.9. The molecule has 4 aromatic rings. The molecule has 0 radical (unpaired) electrons. The third-order valence-corrected chi connectivity index (χ3v) is 5.96. The zero-order chi connectivity index (χ0) is 22.5. The van der Waals surface area contributed by atoms with Crippen LogP contribution in [-0.2, 0) is 6.42 Å². The Kier molecular flexibility index (Phi) is 6.70. The highest BCUT2D eigenvalue weighted by Crippen LogP contribution is 2.30. The Balaban J connectivity index is 1.49. The Labute approximate surface area is 191 Å². The van der Waals surface area contributed by atoms with Crippen LogP contribution < -0.4 is 0 Å². The van der Waals surface area contributed by atoms with Crippen LogP contribution in [0.3, 0.4) is 0 Å². The predicted octanol–water partition coefficient (Wildman–Crippen LogP) is 8.33. The van der Waals surface area contributed by atoms with E-state index in [1.807, 2.05) is 13.0 Å². The van der Waals surface area contributed by atoms with Gasteiger partial charge in [-0.05, 0) is 47.4 Å². The molecule has 0 spiro atoms. The first kappa shape index (κ1) is 21.8. The molecule has 0 fully saturated rings. The molecule has 0 aliphatic carbocycles. The molecule has 0 amide bonds. The smallest absolute Gasteiger partial charge is 0.174 e. The number of aryl methyl sites for hydroxylation is 1. The highest BCUT2D eigenvalue weighted by Gasteiger charge is 2.13. The maximum absolute atomic E-state index is 5.71. The summed E-state index contributed by atoms with van der Waals surface area (Å²) in [5.41, 5.74) is 8.17. The van der Waals surface area contributed by atoms with Crippen molar-refractivity contribution in [1.29, 1.82) is 0 Å². The summed E-state index contributed by atoms with van der Waals surface area (Å²) in [6.45, 7) is 8.72. The second-order valence-electron chi connectivity index (χ2n) is 8.89. The standard InChI is InChI=1S/C30H31NO/c1-21(2)25-13-11-24(12-14-25)20-22(3)10-19-29-23(4)31-32-30(29)28-17-15-27(16-18-28)26-8-6-5-7-9-26/h5-19,21-22H,20H2,1-4H3. The van der Waals surface area contributed by atoms with Crippen LogP contribution in [0.5, 0.6) is 0 Å². The number of benzene rings is 3. The molecular formula is C30H31NO. The first-order valence-electron chi connectivity index (χ1n) is 11.4. The molecule has 0 N–H and O–H groups in total. The molecule has 32 heavy (non-hydrogen) atoms. The van der Waals surface area contributed by atoms with E-state index in [1.165, 1.54) is 22.3 Å². The van der Waals surface area contributed by atoms with Crippen molar-refractivity contribution in [2.45, 2.75) is 40.0 Å². The lowest BCUT2D eigenvalue weighted by molar-refractivity contribution is 0.427. The Morgan fingerprint density at radius 3 is 2.06 bits per heavy atom. The largest absolute Gasteiger partial charge is 0.355 e. The molecule has 1 unspecified atom stereocenters. The molecule has 1 atom stereocenters. The lowest BCUT2D eigenvalue weighted by Crippen LogP contribution is -1.97. The second-order valence-corrected chi connectivity index (χ2v) is 8.89. The summed E-state index contributed by atoms with van der Waals surface area (Å²) >= 11 is 0. The average Bonchev–Trinajstić information content (AvgIpc) is 3.19. The lowest BCUT2D eigenvalue weighted by Gasteiger charge is -2.09. The predicted molar refractivity (Wildman–Crippen MR) is 135 cm³/mol. The molecule has 0 bridgehead atoms. The van der Waals surface area contributed by atoms with Crippen molar-refractivity contribution in [3.8, 4) is 22.5 Å². The molecule has 0 aliphatic rings. The van der Waals surface area contributed by atoms with Crippen LogP contribution in [0, 0.1) is 12.8 Å². The molecule has 4 rings (SSSR count). The van der Waals surface area contributed by atoms with Gasteiger partial charge in [0.15, 0.2) is 5.76 Å². The molecule has 3 aromatic carbocycles. The van der Waals surface area contributed by atoms with Crippen LogP contribution in [-0.4, -0.2) is 5.16 Å². The normalized spacial score (nSPS) is 12.5. The summed E-state index contributed by atoms with van der Waals surface area (Å²) < 4.78 is 5.71. The van der Waals surface area contributed by atoms with Gasteiger partial charge in [0.05, 0.1) is 5.69 Å². The Hall–Kier alpha value is -3.39. The fraction of sp³-hybridized carbons (Fsp3) is 0.233. The summed E-state index contributed by atoms with van der Waals surface area (Å²) in [7, 11) is 0. The van der Waals surface area contributed by atoms with Crippen LogP contribution in [0.1, 0.15) is 49.1 Å². The zero-order valence-corrected chi connectivity index (χ0v) is 19.4. The zero-order valence-electron chi connectivity index (χ0n) is 19.4. The highest BCUT2D eigenvalue weighted by atomic mass is 16.5. The van der Waals surface area contributed by atoms with E-state index in [-0.39, 0.29) is 0 Å². The topological polar surface area (TPSA) is 26.0 Å². The van der Waals surface area contributed by atoms with Crippen molar-refractivity contribution >= 4 is 6.08 Å². The quantitative estimate of drug-likeness (QED) is 0.300. The molecule has 2 nitrogen and oxygen atoms in total. The summed E-state index contributed by atoms with van der Waals surface area (Å²) in [5.74, 6) is 1.81. The monoisotopic (exact) mass is 421 g/mol. The van der Waals surface area contributed by atoms with Gasteiger partial charge in [-0.3, -0.25) is 0 Å². The van der Waals surface area contributed by atoms with E-state index in [4.69, 9.17) is 4.52 Å². The minimum atomic E-state index is 0.419. The van der Waals surface area contributed by atoms with Gasteiger partial charge in [0.25, 0.3) is 0 Å². The van der Waals surface area contributed by atoms with Gasteiger partial charge in [0.1, 0.15) is 0 Å². The number of rotatable bonds is 7. The maximum Gasteiger partial charge on any atom is 0.174 e. The highest BCUT2D eigenvalue weighted by molar-refractivity contribution is 5.74. The van der Waals surface area contributed by atoms with Gasteiger partial charge >= 0.3 is 0 Å². The third kappa shape index (κ3) is 5.08. The number of hydrogen-bond donors (Lipinski definition) is 0. The fourth-order valence-electron chi connectivity index (χ4n) is 3.96. The minimum absolute atomic E-state index is 0.419. The van der Waals surface area contributed by atoms with Gasteiger partial charge < -0.3 is 4.52 Å². The molecule has 0 saturated carbocycles. The Bertz CT molecular complexity index is 1170. The van der Waals surface area contributed by atoms with Crippen molar-refractivity contribution in [2.75, 3.05) is 0 Å². The minimum Gasteiger partial charge on any atom is -0.355 e. The van der Waals surface area contributed by atoms with E-state index in [0.717, 1.165) is 29.0 Å². The van der Waals surface area contributed by atoms with E-state index in [9.17, 15) is 0 Å². The number of aromatic nitrogens is 1. The van der Waals surface area contributed by atoms with Gasteiger partial charge in [-0.25, -0.2) is 0 Å². The maximum atomic E-state index is 5.71. The van der Waals surface area contributed by atoms with Crippen molar-refractivity contribution in [3.05, 3.63) is 107 Å². The molecule has 0 aliphatic heterocycles. The van der Waals surface area contributed by atoms with Gasteiger partial charge in [0.2, 0.25) is 0 Å². The van der Waals surface area contributed by atoms with Crippen molar-refractivity contribution in [3.63, 3.8) is 0 Å². The van der Waals surface area contributed by atoms with Gasteiger partial charge in [-0.15, -0.1) is 0 Å². The van der Waals surface area contributed by atoms with Crippen LogP contribution in [0.4, 0.5) is 0 Å². The van der Waals surface area contributed by atoms with Crippen molar-refractivity contribution in [1.82, 2.24) is 5.16 Å². The van der Waals surface area contributed by atoms with E-state index in [2.05, 4.69) is 111 Å². The molecular weight excluding hydrogens is 390 g/mol. The van der Waals surface area contributed by atoms with E-state index in [0.29, 0.717) is 11.8 Å². The van der Waals surface area contributed by atoms with Gasteiger partial charge in [-0.2, -0.15) is 0 Å². The average molecular weight is 422 g/mol. The molecule has 2 heteroatoms. The second kappa shape index (κ2) is 9.82. The van der Waals surface area contributed by atoms with E-state index >= 15 is 0 Å². The first-order valence-corrected chi connectivity index (χ1v) is 11.4. The van der Waals surface area contributed by atoms with Crippen molar-refractivity contribution in [2.24, 2.45) is 5.92 Å². The third-order valence-electron chi connectivity index (χ3n) is 5.96. The van der Waals surface area contributed by atoms with Crippen LogP contribution in [0.25, 0.3) is 28.5 Å². The van der Waals surface area contributed by atoms with Crippen molar-refractivity contribution < 1.29 is 4.52 Å².